The normalized spacial score (nSPS) is 32.9. The maximum absolute atomic E-state index is 10.7. The summed E-state index contributed by atoms with van der Waals surface area (Å²) in [5.41, 5.74) is 0.719. The van der Waals surface area contributed by atoms with Crippen molar-refractivity contribution in [2.45, 2.75) is 43.0 Å². The first kappa shape index (κ1) is 21.5. The first-order valence-corrected chi connectivity index (χ1v) is 10.2. The predicted octanol–water partition coefficient (Wildman–Crippen LogP) is 1.36. The molecule has 0 amide bonds. The van der Waals surface area contributed by atoms with E-state index < -0.39 is 36.3 Å². The molecule has 2 heterocycles. The van der Waals surface area contributed by atoms with Gasteiger partial charge in [0.25, 0.3) is 0 Å². The van der Waals surface area contributed by atoms with Crippen molar-refractivity contribution in [2.75, 3.05) is 19.8 Å². The molecule has 162 valence electrons. The van der Waals surface area contributed by atoms with E-state index in [2.05, 4.69) is 0 Å². The molecule has 2 aromatic rings. The molecule has 0 radical (unpaired) electrons. The minimum Gasteiger partial charge on any atom is -0.494 e. The number of hydrogen-bond acceptors (Lipinski definition) is 7. The average molecular weight is 437 g/mol. The summed E-state index contributed by atoms with van der Waals surface area (Å²) in [5, 5.41) is 41.7. The molecule has 2 saturated heterocycles. The van der Waals surface area contributed by atoms with Gasteiger partial charge >= 0.3 is 0 Å². The molecular weight excluding hydrogens is 412 g/mol. The Morgan fingerprint density at radius 2 is 1.83 bits per heavy atom. The van der Waals surface area contributed by atoms with Crippen molar-refractivity contribution in [2.24, 2.45) is 0 Å². The highest BCUT2D eigenvalue weighted by atomic mass is 35.5. The van der Waals surface area contributed by atoms with Crippen molar-refractivity contribution in [3.8, 4) is 5.75 Å². The van der Waals surface area contributed by atoms with Crippen molar-refractivity contribution >= 4 is 11.6 Å². The summed E-state index contributed by atoms with van der Waals surface area (Å²) in [6.45, 7) is 1.78. The Hall–Kier alpha value is -1.71. The largest absolute Gasteiger partial charge is 0.494 e. The Labute approximate surface area is 179 Å². The highest BCUT2D eigenvalue weighted by Crippen LogP contribution is 2.49. The molecule has 4 rings (SSSR count). The first-order valence-electron chi connectivity index (χ1n) is 9.85. The number of aliphatic hydroxyl groups is 4. The number of aliphatic hydroxyl groups excluding tert-OH is 4. The number of hydrogen-bond donors (Lipinski definition) is 4. The lowest BCUT2D eigenvalue weighted by Crippen LogP contribution is -2.65. The van der Waals surface area contributed by atoms with Gasteiger partial charge in [-0.25, -0.2) is 0 Å². The van der Waals surface area contributed by atoms with E-state index in [1.165, 1.54) is 0 Å². The third kappa shape index (κ3) is 3.40. The quantitative estimate of drug-likeness (QED) is 0.541. The van der Waals surface area contributed by atoms with Crippen LogP contribution in [0.4, 0.5) is 0 Å². The van der Waals surface area contributed by atoms with Crippen LogP contribution in [0.1, 0.15) is 23.6 Å². The molecule has 7 nitrogen and oxygen atoms in total. The van der Waals surface area contributed by atoms with E-state index in [0.717, 1.165) is 16.9 Å². The number of benzene rings is 2. The van der Waals surface area contributed by atoms with Crippen LogP contribution in [0.15, 0.2) is 42.5 Å². The predicted molar refractivity (Wildman–Crippen MR) is 108 cm³/mol. The van der Waals surface area contributed by atoms with E-state index in [-0.39, 0.29) is 6.61 Å². The molecule has 4 N–H and O–H groups in total. The van der Waals surface area contributed by atoms with Crippen LogP contribution in [0.25, 0.3) is 0 Å². The van der Waals surface area contributed by atoms with Crippen LogP contribution in [-0.4, -0.2) is 64.2 Å². The molecule has 8 heteroatoms. The van der Waals surface area contributed by atoms with Crippen LogP contribution in [0.3, 0.4) is 0 Å². The molecular formula is C22H25ClO7. The van der Waals surface area contributed by atoms with Gasteiger partial charge in [-0.2, -0.15) is 0 Å². The third-order valence-corrected chi connectivity index (χ3v) is 6.17. The van der Waals surface area contributed by atoms with Crippen LogP contribution < -0.4 is 4.74 Å². The Kier molecular flexibility index (Phi) is 5.80. The molecule has 2 aromatic carbocycles. The highest BCUT2D eigenvalue weighted by molar-refractivity contribution is 6.31. The minimum absolute atomic E-state index is 0.171. The molecule has 0 saturated carbocycles. The molecule has 0 spiro atoms. The number of halogens is 1. The molecule has 5 atom stereocenters. The molecule has 2 fully saturated rings. The standard InChI is InChI=1S/C22H25ClO7/c1-2-28-16-6-3-13(4-7-16)9-14-10-15(5-8-17(14)23)22-20(27)18(25)19(26)21(11-24,30-22)12-29-22/h3-8,10,18-20,24-27H,2,9,11-12H2,1H3/t18-,19-,20+,21+,22+/m0/s1. The van der Waals surface area contributed by atoms with E-state index in [4.69, 9.17) is 25.8 Å². The van der Waals surface area contributed by atoms with Crippen LogP contribution in [-0.2, 0) is 21.7 Å². The zero-order valence-corrected chi connectivity index (χ0v) is 17.2. The monoisotopic (exact) mass is 436 g/mol. The van der Waals surface area contributed by atoms with Gasteiger partial charge in [0.05, 0.1) is 19.8 Å². The van der Waals surface area contributed by atoms with Crippen molar-refractivity contribution < 1.29 is 34.6 Å². The van der Waals surface area contributed by atoms with E-state index in [1.54, 1.807) is 18.2 Å². The van der Waals surface area contributed by atoms with E-state index in [9.17, 15) is 20.4 Å². The zero-order chi connectivity index (χ0) is 21.5. The lowest BCUT2D eigenvalue weighted by molar-refractivity contribution is -0.329. The van der Waals surface area contributed by atoms with Crippen molar-refractivity contribution in [1.29, 1.82) is 0 Å². The van der Waals surface area contributed by atoms with Crippen molar-refractivity contribution in [3.05, 3.63) is 64.2 Å². The molecule has 30 heavy (non-hydrogen) atoms. The van der Waals surface area contributed by atoms with Gasteiger partial charge in [0.2, 0.25) is 5.79 Å². The highest BCUT2D eigenvalue weighted by Gasteiger charge is 2.67. The summed E-state index contributed by atoms with van der Waals surface area (Å²) in [4.78, 5) is 0. The lowest BCUT2D eigenvalue weighted by atomic mass is 9.83. The fraction of sp³-hybridized carbons (Fsp3) is 0.455. The van der Waals surface area contributed by atoms with Crippen LogP contribution >= 0.6 is 11.6 Å². The van der Waals surface area contributed by atoms with Gasteiger partial charge in [-0.3, -0.25) is 0 Å². The van der Waals surface area contributed by atoms with E-state index in [0.29, 0.717) is 23.6 Å². The molecule has 2 aliphatic rings. The summed E-state index contributed by atoms with van der Waals surface area (Å²) < 4.78 is 17.1. The lowest BCUT2D eigenvalue weighted by Gasteiger charge is -2.46. The maximum Gasteiger partial charge on any atom is 0.225 e. The van der Waals surface area contributed by atoms with Crippen molar-refractivity contribution in [1.82, 2.24) is 0 Å². The molecule has 0 aromatic heterocycles. The maximum atomic E-state index is 10.7. The van der Waals surface area contributed by atoms with Gasteiger partial charge in [-0.05, 0) is 48.7 Å². The Balaban J connectivity index is 1.66. The van der Waals surface area contributed by atoms with Gasteiger partial charge in [0.15, 0.2) is 0 Å². The summed E-state index contributed by atoms with van der Waals surface area (Å²) in [6.07, 6.45) is -4.06. The van der Waals surface area contributed by atoms with Gasteiger partial charge in [-0.15, -0.1) is 0 Å². The Morgan fingerprint density at radius 3 is 2.50 bits per heavy atom. The summed E-state index contributed by atoms with van der Waals surface area (Å²) >= 11 is 6.41. The average Bonchev–Trinajstić information content (AvgIpc) is 3.14. The number of rotatable bonds is 6. The van der Waals surface area contributed by atoms with Crippen LogP contribution in [0.5, 0.6) is 5.75 Å². The van der Waals surface area contributed by atoms with Gasteiger partial charge in [-0.1, -0.05) is 29.8 Å². The molecule has 0 unspecified atom stereocenters. The molecule has 0 aliphatic carbocycles. The van der Waals surface area contributed by atoms with E-state index in [1.807, 2.05) is 31.2 Å². The topological polar surface area (TPSA) is 109 Å². The SMILES string of the molecule is CCOc1ccc(Cc2cc([C@@]34OC[C@@](CO)(O3)[C@@H](O)[C@H](O)[C@H]4O)ccc2Cl)cc1. The second-order valence-electron chi connectivity index (χ2n) is 7.72. The van der Waals surface area contributed by atoms with Gasteiger partial charge < -0.3 is 34.6 Å². The number of fused-ring (bicyclic) bond motifs is 2. The summed E-state index contributed by atoms with van der Waals surface area (Å²) in [5.74, 6) is -0.925. The Morgan fingerprint density at radius 1 is 1.10 bits per heavy atom. The van der Waals surface area contributed by atoms with Crippen molar-refractivity contribution in [3.63, 3.8) is 0 Å². The van der Waals surface area contributed by atoms with Crippen LogP contribution in [0, 0.1) is 0 Å². The smallest absolute Gasteiger partial charge is 0.225 e. The second kappa shape index (κ2) is 8.09. The summed E-state index contributed by atoms with van der Waals surface area (Å²) in [6, 6.07) is 12.7. The number of ether oxygens (including phenoxy) is 3. The van der Waals surface area contributed by atoms with Gasteiger partial charge in [0, 0.05) is 10.6 Å². The second-order valence-corrected chi connectivity index (χ2v) is 8.13. The fourth-order valence-electron chi connectivity index (χ4n) is 4.09. The Bertz CT molecular complexity index is 905. The molecule has 2 bridgehead atoms. The van der Waals surface area contributed by atoms with E-state index >= 15 is 0 Å². The third-order valence-electron chi connectivity index (χ3n) is 5.81. The van der Waals surface area contributed by atoms with Crippen LogP contribution in [0.2, 0.25) is 5.02 Å². The molecule has 2 aliphatic heterocycles. The summed E-state index contributed by atoms with van der Waals surface area (Å²) in [7, 11) is 0. The first-order chi connectivity index (χ1) is 14.3. The zero-order valence-electron chi connectivity index (χ0n) is 16.5. The fourth-order valence-corrected chi connectivity index (χ4v) is 4.28. The van der Waals surface area contributed by atoms with Gasteiger partial charge in [0.1, 0.15) is 29.7 Å². The minimum atomic E-state index is -1.71.